The van der Waals surface area contributed by atoms with Crippen molar-refractivity contribution in [2.45, 2.75) is 32.1 Å². The first-order chi connectivity index (χ1) is 16.4. The minimum atomic E-state index is -3.72. The number of nitrogens with one attached hydrogen (secondary N) is 3. The number of fused-ring (bicyclic) bond motifs is 1. The van der Waals surface area contributed by atoms with E-state index < -0.39 is 15.6 Å². The number of aromatic nitrogens is 4. The van der Waals surface area contributed by atoms with Crippen LogP contribution in [0.2, 0.25) is 5.02 Å². The second kappa shape index (κ2) is 9.23. The molecule has 5 rings (SSSR count). The summed E-state index contributed by atoms with van der Waals surface area (Å²) in [5, 5.41) is 8.09. The van der Waals surface area contributed by atoms with E-state index in [2.05, 4.69) is 24.9 Å². The van der Waals surface area contributed by atoms with E-state index in [1.807, 2.05) is 36.4 Å². The molecule has 3 N–H and O–H groups in total. The average molecular weight is 498 g/mol. The lowest BCUT2D eigenvalue weighted by Crippen LogP contribution is -2.25. The molecule has 0 unspecified atom stereocenters. The van der Waals surface area contributed by atoms with Gasteiger partial charge in [0.15, 0.2) is 0 Å². The molecule has 0 amide bonds. The van der Waals surface area contributed by atoms with Gasteiger partial charge in [0.1, 0.15) is 0 Å². The number of hydrogen-bond acceptors (Lipinski definition) is 5. The molecule has 0 spiro atoms. The van der Waals surface area contributed by atoms with Crippen molar-refractivity contribution in [3.8, 4) is 22.5 Å². The van der Waals surface area contributed by atoms with Gasteiger partial charge in [-0.05, 0) is 24.5 Å². The topological polar surface area (TPSA) is 121 Å². The van der Waals surface area contributed by atoms with Crippen LogP contribution in [0, 0.1) is 5.92 Å². The van der Waals surface area contributed by atoms with E-state index in [-0.39, 0.29) is 11.6 Å². The van der Waals surface area contributed by atoms with E-state index in [4.69, 9.17) is 11.6 Å². The standard InChI is InChI=1S/C24H24ClN5O3S/c25-19-13-17(12-18-14-26-29-20(18)19)22-21(16-8-2-1-3-9-16)27-23(24(31)28-22)30-34(32,33)11-10-15-6-4-5-7-15/h1-3,8-9,12-15H,4-7,10-11H2,(H,26,29)(H,27,30)(H,28,31). The zero-order chi connectivity index (χ0) is 23.7. The second-order valence-corrected chi connectivity index (χ2v) is 10.9. The minimum Gasteiger partial charge on any atom is -0.317 e. The predicted molar refractivity (Wildman–Crippen MR) is 134 cm³/mol. The fraction of sp³-hybridized carbons (Fsp3) is 0.292. The van der Waals surface area contributed by atoms with E-state index in [1.54, 1.807) is 12.3 Å². The number of hydrogen-bond donors (Lipinski definition) is 3. The van der Waals surface area contributed by atoms with Crippen LogP contribution in [-0.2, 0) is 10.0 Å². The van der Waals surface area contributed by atoms with Crippen LogP contribution in [0.5, 0.6) is 0 Å². The monoisotopic (exact) mass is 497 g/mol. The Morgan fingerprint density at radius 1 is 1.09 bits per heavy atom. The van der Waals surface area contributed by atoms with Gasteiger partial charge in [0.05, 0.1) is 33.9 Å². The molecule has 0 saturated heterocycles. The number of anilines is 1. The molecule has 176 valence electrons. The molecular formula is C24H24ClN5O3S. The molecule has 8 nitrogen and oxygen atoms in total. The number of rotatable bonds is 7. The Morgan fingerprint density at radius 3 is 2.62 bits per heavy atom. The Hall–Kier alpha value is -3.17. The number of nitrogens with zero attached hydrogens (tertiary/aromatic N) is 2. The van der Waals surface area contributed by atoms with Crippen LogP contribution in [0.15, 0.2) is 53.5 Å². The van der Waals surface area contributed by atoms with Gasteiger partial charge in [0.2, 0.25) is 15.8 Å². The van der Waals surface area contributed by atoms with Gasteiger partial charge >= 0.3 is 0 Å². The van der Waals surface area contributed by atoms with Crippen molar-refractivity contribution in [2.75, 3.05) is 10.5 Å². The molecule has 0 bridgehead atoms. The second-order valence-electron chi connectivity index (χ2n) is 8.66. The molecule has 10 heteroatoms. The average Bonchev–Trinajstić information content (AvgIpc) is 3.52. The summed E-state index contributed by atoms with van der Waals surface area (Å²) in [6.45, 7) is 0. The summed E-state index contributed by atoms with van der Waals surface area (Å²) in [6, 6.07) is 12.8. The third-order valence-corrected chi connectivity index (χ3v) is 7.85. The van der Waals surface area contributed by atoms with Crippen molar-refractivity contribution < 1.29 is 8.42 Å². The quantitative estimate of drug-likeness (QED) is 0.333. The number of halogens is 1. The molecule has 1 fully saturated rings. The maximum absolute atomic E-state index is 12.9. The Balaban J connectivity index is 1.55. The van der Waals surface area contributed by atoms with Crippen molar-refractivity contribution in [3.63, 3.8) is 0 Å². The van der Waals surface area contributed by atoms with Gasteiger partial charge < -0.3 is 4.98 Å². The zero-order valence-corrected chi connectivity index (χ0v) is 19.9. The van der Waals surface area contributed by atoms with E-state index in [9.17, 15) is 13.2 Å². The third kappa shape index (κ3) is 4.71. The largest absolute Gasteiger partial charge is 0.317 e. The van der Waals surface area contributed by atoms with E-state index in [1.165, 1.54) is 0 Å². The third-order valence-electron chi connectivity index (χ3n) is 6.27. The van der Waals surface area contributed by atoms with Gasteiger partial charge in [-0.2, -0.15) is 5.10 Å². The Labute approximate surface area is 201 Å². The van der Waals surface area contributed by atoms with Crippen molar-refractivity contribution in [1.82, 2.24) is 20.2 Å². The molecular weight excluding hydrogens is 474 g/mol. The summed E-state index contributed by atoms with van der Waals surface area (Å²) in [6.07, 6.45) is 6.65. The lowest BCUT2D eigenvalue weighted by atomic mass is 10.0. The summed E-state index contributed by atoms with van der Waals surface area (Å²) < 4.78 is 27.9. The van der Waals surface area contributed by atoms with Gasteiger partial charge in [-0.15, -0.1) is 0 Å². The lowest BCUT2D eigenvalue weighted by molar-refractivity contribution is 0.522. The molecule has 0 atom stereocenters. The summed E-state index contributed by atoms with van der Waals surface area (Å²) in [4.78, 5) is 20.2. The van der Waals surface area contributed by atoms with E-state index >= 15 is 0 Å². The molecule has 4 aromatic rings. The smallest absolute Gasteiger partial charge is 0.292 e. The van der Waals surface area contributed by atoms with Crippen molar-refractivity contribution in [3.05, 3.63) is 64.0 Å². The van der Waals surface area contributed by atoms with Crippen LogP contribution in [-0.4, -0.2) is 34.3 Å². The SMILES string of the molecule is O=c1[nH]c(-c2cc(Cl)c3[nH]ncc3c2)c(-c2ccccc2)nc1NS(=O)(=O)CCC1CCCC1. The Kier molecular flexibility index (Phi) is 6.14. The van der Waals surface area contributed by atoms with Crippen LogP contribution in [0.4, 0.5) is 5.82 Å². The molecule has 1 aliphatic carbocycles. The van der Waals surface area contributed by atoms with E-state index in [0.717, 1.165) is 36.6 Å². The van der Waals surface area contributed by atoms with Gasteiger partial charge in [-0.3, -0.25) is 14.6 Å². The molecule has 1 aliphatic rings. The molecule has 2 aromatic heterocycles. The highest BCUT2D eigenvalue weighted by molar-refractivity contribution is 7.92. The highest BCUT2D eigenvalue weighted by Crippen LogP contribution is 2.33. The first-order valence-electron chi connectivity index (χ1n) is 11.2. The van der Waals surface area contributed by atoms with E-state index in [0.29, 0.717) is 39.8 Å². The highest BCUT2D eigenvalue weighted by atomic mass is 35.5. The maximum Gasteiger partial charge on any atom is 0.292 e. The number of H-pyrrole nitrogens is 2. The molecule has 2 heterocycles. The first-order valence-corrected chi connectivity index (χ1v) is 13.3. The Bertz CT molecular complexity index is 1490. The summed E-state index contributed by atoms with van der Waals surface area (Å²) in [5.41, 5.74) is 2.31. The van der Waals surface area contributed by atoms with Gasteiger partial charge in [0, 0.05) is 16.5 Å². The molecule has 2 aromatic carbocycles. The zero-order valence-electron chi connectivity index (χ0n) is 18.3. The van der Waals surface area contributed by atoms with Crippen molar-refractivity contribution in [2.24, 2.45) is 5.92 Å². The van der Waals surface area contributed by atoms with Crippen molar-refractivity contribution in [1.29, 1.82) is 0 Å². The van der Waals surface area contributed by atoms with Crippen molar-refractivity contribution >= 4 is 38.3 Å². The lowest BCUT2D eigenvalue weighted by Gasteiger charge is -2.14. The number of benzene rings is 2. The molecule has 0 radical (unpaired) electrons. The summed E-state index contributed by atoms with van der Waals surface area (Å²) >= 11 is 6.42. The van der Waals surface area contributed by atoms with Crippen LogP contribution >= 0.6 is 11.6 Å². The molecule has 0 aliphatic heterocycles. The molecule has 34 heavy (non-hydrogen) atoms. The predicted octanol–water partition coefficient (Wildman–Crippen LogP) is 4.96. The minimum absolute atomic E-state index is 0.0338. The van der Waals surface area contributed by atoms with Gasteiger partial charge in [0.25, 0.3) is 5.56 Å². The van der Waals surface area contributed by atoms with Crippen LogP contribution < -0.4 is 10.3 Å². The highest BCUT2D eigenvalue weighted by Gasteiger charge is 2.22. The van der Waals surface area contributed by atoms with Crippen LogP contribution in [0.25, 0.3) is 33.4 Å². The fourth-order valence-corrected chi connectivity index (χ4v) is 5.96. The van der Waals surface area contributed by atoms with Crippen LogP contribution in [0.1, 0.15) is 32.1 Å². The first kappa shape index (κ1) is 22.6. The normalized spacial score (nSPS) is 14.6. The van der Waals surface area contributed by atoms with Gasteiger partial charge in [-0.1, -0.05) is 67.6 Å². The van der Waals surface area contributed by atoms with Gasteiger partial charge in [-0.25, -0.2) is 13.4 Å². The maximum atomic E-state index is 12.9. The summed E-state index contributed by atoms with van der Waals surface area (Å²) in [7, 11) is -3.72. The summed E-state index contributed by atoms with van der Waals surface area (Å²) in [5.74, 6) is 0.144. The number of aromatic amines is 2. The fourth-order valence-electron chi connectivity index (χ4n) is 4.51. The van der Waals surface area contributed by atoms with Crippen LogP contribution in [0.3, 0.4) is 0 Å². The number of sulfonamides is 1. The molecule has 1 saturated carbocycles. The Morgan fingerprint density at radius 2 is 1.85 bits per heavy atom.